The number of non-ortho nitro benzene ring substituents is 1. The van der Waals surface area contributed by atoms with Gasteiger partial charge in [0.1, 0.15) is 6.10 Å². The predicted octanol–water partition coefficient (Wildman–Crippen LogP) is 3.03. The number of carbonyl (C=O) groups excluding carboxylic acids is 1. The van der Waals surface area contributed by atoms with Crippen LogP contribution in [-0.2, 0) is 4.74 Å². The highest BCUT2D eigenvalue weighted by atomic mass is 16.7. The van der Waals surface area contributed by atoms with Crippen LogP contribution < -0.4 is 10.5 Å². The SMILES string of the molecule is Nc1ccc([N+](=O)[O-])cc1OC(=O)OC1CCCCC1. The molecule has 0 atom stereocenters. The molecule has 1 saturated carbocycles. The third kappa shape index (κ3) is 3.59. The summed E-state index contributed by atoms with van der Waals surface area (Å²) in [6.45, 7) is 0. The standard InChI is InChI=1S/C13H16N2O5/c14-11-7-6-9(15(17)18)8-12(11)20-13(16)19-10-4-2-1-3-5-10/h6-8,10H,1-5,14H2. The smallest absolute Gasteiger partial charge is 0.431 e. The van der Waals surface area contributed by atoms with Crippen LogP contribution in [-0.4, -0.2) is 17.2 Å². The number of ether oxygens (including phenoxy) is 2. The molecule has 0 radical (unpaired) electrons. The van der Waals surface area contributed by atoms with Gasteiger partial charge in [-0.3, -0.25) is 10.1 Å². The van der Waals surface area contributed by atoms with Gasteiger partial charge in [0, 0.05) is 6.07 Å². The number of nitro benzene ring substituents is 1. The van der Waals surface area contributed by atoms with Gasteiger partial charge in [-0.05, 0) is 31.7 Å². The molecule has 1 fully saturated rings. The number of nitrogen functional groups attached to an aromatic ring is 1. The molecular weight excluding hydrogens is 264 g/mol. The molecule has 1 aromatic carbocycles. The lowest BCUT2D eigenvalue weighted by Gasteiger charge is -2.21. The van der Waals surface area contributed by atoms with E-state index in [2.05, 4.69) is 0 Å². The summed E-state index contributed by atoms with van der Waals surface area (Å²) in [5.74, 6) is -0.0555. The molecule has 0 spiro atoms. The summed E-state index contributed by atoms with van der Waals surface area (Å²) in [7, 11) is 0. The van der Waals surface area contributed by atoms with E-state index in [1.165, 1.54) is 12.1 Å². The van der Waals surface area contributed by atoms with Crippen molar-refractivity contribution in [1.82, 2.24) is 0 Å². The molecular formula is C13H16N2O5. The van der Waals surface area contributed by atoms with Crippen molar-refractivity contribution in [3.05, 3.63) is 28.3 Å². The average Bonchev–Trinajstić information content (AvgIpc) is 2.42. The lowest BCUT2D eigenvalue weighted by atomic mass is 9.98. The molecule has 1 aliphatic carbocycles. The van der Waals surface area contributed by atoms with Crippen LogP contribution in [0, 0.1) is 10.1 Å². The van der Waals surface area contributed by atoms with E-state index >= 15 is 0 Å². The molecule has 0 bridgehead atoms. The molecule has 7 nitrogen and oxygen atoms in total. The van der Waals surface area contributed by atoms with Gasteiger partial charge in [0.15, 0.2) is 5.75 Å². The minimum atomic E-state index is -0.871. The van der Waals surface area contributed by atoms with Crippen LogP contribution in [0.25, 0.3) is 0 Å². The van der Waals surface area contributed by atoms with Gasteiger partial charge in [-0.25, -0.2) is 4.79 Å². The fraction of sp³-hybridized carbons (Fsp3) is 0.462. The van der Waals surface area contributed by atoms with Gasteiger partial charge in [0.2, 0.25) is 0 Å². The Morgan fingerprint density at radius 3 is 2.65 bits per heavy atom. The normalized spacial score (nSPS) is 15.6. The molecule has 2 rings (SSSR count). The maximum atomic E-state index is 11.6. The Morgan fingerprint density at radius 1 is 1.30 bits per heavy atom. The zero-order valence-electron chi connectivity index (χ0n) is 10.9. The van der Waals surface area contributed by atoms with Gasteiger partial charge in [-0.2, -0.15) is 0 Å². The van der Waals surface area contributed by atoms with Crippen LogP contribution in [0.4, 0.5) is 16.2 Å². The van der Waals surface area contributed by atoms with Gasteiger partial charge in [0.25, 0.3) is 5.69 Å². The lowest BCUT2D eigenvalue weighted by molar-refractivity contribution is -0.384. The van der Waals surface area contributed by atoms with Gasteiger partial charge in [0.05, 0.1) is 16.7 Å². The fourth-order valence-corrected chi connectivity index (χ4v) is 2.16. The molecule has 7 heteroatoms. The minimum absolute atomic E-state index is 0.0555. The fourth-order valence-electron chi connectivity index (χ4n) is 2.16. The molecule has 0 amide bonds. The van der Waals surface area contributed by atoms with Crippen molar-refractivity contribution in [2.45, 2.75) is 38.2 Å². The van der Waals surface area contributed by atoms with E-state index in [4.69, 9.17) is 15.2 Å². The summed E-state index contributed by atoms with van der Waals surface area (Å²) in [6.07, 6.45) is 3.82. The number of carbonyl (C=O) groups is 1. The Bertz CT molecular complexity index is 511. The molecule has 0 heterocycles. The first-order valence-corrected chi connectivity index (χ1v) is 6.48. The molecule has 2 N–H and O–H groups in total. The largest absolute Gasteiger partial charge is 0.514 e. The summed E-state index contributed by atoms with van der Waals surface area (Å²) < 4.78 is 10.1. The molecule has 0 aromatic heterocycles. The highest BCUT2D eigenvalue weighted by Gasteiger charge is 2.20. The van der Waals surface area contributed by atoms with Crippen molar-refractivity contribution in [3.8, 4) is 5.75 Å². The van der Waals surface area contributed by atoms with Crippen LogP contribution in [0.15, 0.2) is 18.2 Å². The quantitative estimate of drug-likeness (QED) is 0.300. The zero-order valence-corrected chi connectivity index (χ0v) is 10.9. The number of nitrogens with zero attached hydrogens (tertiary/aromatic N) is 1. The summed E-state index contributed by atoms with van der Waals surface area (Å²) in [5, 5.41) is 10.7. The molecule has 0 unspecified atom stereocenters. The van der Waals surface area contributed by atoms with E-state index in [1.807, 2.05) is 0 Å². The number of nitrogens with two attached hydrogens (primary N) is 1. The van der Waals surface area contributed by atoms with Crippen LogP contribution in [0.1, 0.15) is 32.1 Å². The number of anilines is 1. The first-order chi connectivity index (χ1) is 9.56. The van der Waals surface area contributed by atoms with Crippen LogP contribution >= 0.6 is 0 Å². The van der Waals surface area contributed by atoms with E-state index in [-0.39, 0.29) is 23.2 Å². The third-order valence-electron chi connectivity index (χ3n) is 3.22. The van der Waals surface area contributed by atoms with Gasteiger partial charge in [-0.15, -0.1) is 0 Å². The Balaban J connectivity index is 1.99. The molecule has 20 heavy (non-hydrogen) atoms. The second kappa shape index (κ2) is 6.23. The molecule has 1 aliphatic rings. The van der Waals surface area contributed by atoms with Crippen LogP contribution in [0.3, 0.4) is 0 Å². The lowest BCUT2D eigenvalue weighted by Crippen LogP contribution is -2.23. The van der Waals surface area contributed by atoms with Gasteiger partial charge >= 0.3 is 6.16 Å². The minimum Gasteiger partial charge on any atom is -0.431 e. The van der Waals surface area contributed by atoms with Crippen molar-refractivity contribution >= 4 is 17.5 Å². The van der Waals surface area contributed by atoms with E-state index in [1.54, 1.807) is 0 Å². The Kier molecular flexibility index (Phi) is 4.39. The summed E-state index contributed by atoms with van der Waals surface area (Å²) in [6, 6.07) is 3.67. The van der Waals surface area contributed by atoms with E-state index in [0.717, 1.165) is 38.2 Å². The molecule has 0 saturated heterocycles. The number of hydrogen-bond donors (Lipinski definition) is 1. The molecule has 1 aromatic rings. The number of rotatable bonds is 3. The van der Waals surface area contributed by atoms with E-state index in [0.29, 0.717) is 0 Å². The first kappa shape index (κ1) is 14.1. The van der Waals surface area contributed by atoms with E-state index < -0.39 is 11.1 Å². The van der Waals surface area contributed by atoms with Crippen molar-refractivity contribution in [1.29, 1.82) is 0 Å². The topological polar surface area (TPSA) is 105 Å². The van der Waals surface area contributed by atoms with Crippen molar-refractivity contribution in [2.24, 2.45) is 0 Å². The molecule has 0 aliphatic heterocycles. The van der Waals surface area contributed by atoms with Crippen LogP contribution in [0.2, 0.25) is 0 Å². The average molecular weight is 280 g/mol. The van der Waals surface area contributed by atoms with Crippen molar-refractivity contribution in [2.75, 3.05) is 5.73 Å². The van der Waals surface area contributed by atoms with Crippen molar-refractivity contribution < 1.29 is 19.2 Å². The highest BCUT2D eigenvalue weighted by Crippen LogP contribution is 2.28. The summed E-state index contributed by atoms with van der Waals surface area (Å²) >= 11 is 0. The number of nitro groups is 1. The second-order valence-electron chi connectivity index (χ2n) is 4.71. The monoisotopic (exact) mass is 280 g/mol. The molecule has 108 valence electrons. The second-order valence-corrected chi connectivity index (χ2v) is 4.71. The Hall–Kier alpha value is -2.31. The maximum Gasteiger partial charge on any atom is 0.514 e. The van der Waals surface area contributed by atoms with Crippen molar-refractivity contribution in [3.63, 3.8) is 0 Å². The summed E-state index contributed by atoms with van der Waals surface area (Å²) in [5.41, 5.74) is 5.57. The predicted molar refractivity (Wildman–Crippen MR) is 71.5 cm³/mol. The van der Waals surface area contributed by atoms with Gasteiger partial charge in [-0.1, -0.05) is 6.42 Å². The number of benzene rings is 1. The van der Waals surface area contributed by atoms with Gasteiger partial charge < -0.3 is 15.2 Å². The zero-order chi connectivity index (χ0) is 14.5. The van der Waals surface area contributed by atoms with E-state index in [9.17, 15) is 14.9 Å². The first-order valence-electron chi connectivity index (χ1n) is 6.48. The Labute approximate surface area is 115 Å². The maximum absolute atomic E-state index is 11.6. The van der Waals surface area contributed by atoms with Crippen LogP contribution in [0.5, 0.6) is 5.75 Å². The summed E-state index contributed by atoms with van der Waals surface area (Å²) in [4.78, 5) is 21.7. The highest BCUT2D eigenvalue weighted by molar-refractivity contribution is 5.69. The Morgan fingerprint density at radius 2 is 2.00 bits per heavy atom. The third-order valence-corrected chi connectivity index (χ3v) is 3.22. The number of hydrogen-bond acceptors (Lipinski definition) is 6.